The summed E-state index contributed by atoms with van der Waals surface area (Å²) >= 11 is 5.87. The van der Waals surface area contributed by atoms with E-state index in [1.165, 1.54) is 5.56 Å². The van der Waals surface area contributed by atoms with Crippen molar-refractivity contribution in [3.05, 3.63) is 95.0 Å². The van der Waals surface area contributed by atoms with Gasteiger partial charge in [0.2, 0.25) is 5.91 Å². The Morgan fingerprint density at radius 2 is 1.54 bits per heavy atom. The molecular formula is C22H20ClNO2. The van der Waals surface area contributed by atoms with Crippen LogP contribution in [0.25, 0.3) is 0 Å². The summed E-state index contributed by atoms with van der Waals surface area (Å²) in [6, 6.07) is 24.9. The molecule has 0 aromatic heterocycles. The van der Waals surface area contributed by atoms with Crippen LogP contribution in [0.5, 0.6) is 5.75 Å². The Kier molecular flexibility index (Phi) is 6.29. The van der Waals surface area contributed by atoms with E-state index in [0.717, 1.165) is 12.0 Å². The molecule has 26 heavy (non-hydrogen) atoms. The summed E-state index contributed by atoms with van der Waals surface area (Å²) in [6.45, 7) is 0.550. The summed E-state index contributed by atoms with van der Waals surface area (Å²) in [6.07, 6.45) is 1.10. The van der Waals surface area contributed by atoms with Crippen molar-refractivity contribution in [2.24, 2.45) is 0 Å². The second-order valence-corrected chi connectivity index (χ2v) is 6.37. The number of carbonyl (C=O) groups excluding carboxylic acids is 1. The summed E-state index contributed by atoms with van der Waals surface area (Å²) in [5, 5.41) is 3.58. The first-order chi connectivity index (χ1) is 12.7. The number of anilines is 1. The van der Waals surface area contributed by atoms with Crippen LogP contribution >= 0.6 is 11.6 Å². The number of para-hydroxylation sites is 2. The number of hydrogen-bond acceptors (Lipinski definition) is 2. The highest BCUT2D eigenvalue weighted by Crippen LogP contribution is 2.24. The molecule has 132 valence electrons. The SMILES string of the molecule is O=C(Cc1ccc(Cl)cc1)Nc1ccccc1OCCc1ccccc1. The molecule has 1 N–H and O–H groups in total. The molecule has 0 unspecified atom stereocenters. The Bertz CT molecular complexity index is 848. The molecule has 0 saturated carbocycles. The molecule has 0 fully saturated rings. The lowest BCUT2D eigenvalue weighted by atomic mass is 10.1. The van der Waals surface area contributed by atoms with E-state index in [4.69, 9.17) is 16.3 Å². The summed E-state index contributed by atoms with van der Waals surface area (Å²) in [4.78, 5) is 12.3. The molecule has 0 aliphatic heterocycles. The molecule has 0 bridgehead atoms. The van der Waals surface area contributed by atoms with Crippen LogP contribution in [0.3, 0.4) is 0 Å². The van der Waals surface area contributed by atoms with Crippen molar-refractivity contribution in [2.75, 3.05) is 11.9 Å². The van der Waals surface area contributed by atoms with Crippen LogP contribution in [-0.4, -0.2) is 12.5 Å². The van der Waals surface area contributed by atoms with Crippen molar-refractivity contribution in [1.29, 1.82) is 0 Å². The summed E-state index contributed by atoms with van der Waals surface area (Å²) in [5.74, 6) is 0.583. The predicted octanol–water partition coefficient (Wildman–Crippen LogP) is 5.14. The Hall–Kier alpha value is -2.78. The quantitative estimate of drug-likeness (QED) is 0.629. The summed E-state index contributed by atoms with van der Waals surface area (Å²) in [7, 11) is 0. The highest BCUT2D eigenvalue weighted by molar-refractivity contribution is 6.30. The predicted molar refractivity (Wildman–Crippen MR) is 106 cm³/mol. The molecule has 0 atom stereocenters. The van der Waals surface area contributed by atoms with Gasteiger partial charge < -0.3 is 10.1 Å². The molecule has 0 saturated heterocycles. The number of nitrogens with one attached hydrogen (secondary N) is 1. The molecule has 3 aromatic rings. The van der Waals surface area contributed by atoms with Crippen LogP contribution in [0.4, 0.5) is 5.69 Å². The van der Waals surface area contributed by atoms with Gasteiger partial charge in [0.05, 0.1) is 18.7 Å². The molecule has 0 radical (unpaired) electrons. The fourth-order valence-corrected chi connectivity index (χ4v) is 2.73. The van der Waals surface area contributed by atoms with E-state index in [0.29, 0.717) is 23.1 Å². The van der Waals surface area contributed by atoms with Gasteiger partial charge >= 0.3 is 0 Å². The van der Waals surface area contributed by atoms with Gasteiger partial charge in [-0.15, -0.1) is 0 Å². The zero-order valence-electron chi connectivity index (χ0n) is 14.3. The zero-order valence-corrected chi connectivity index (χ0v) is 15.1. The molecule has 4 heteroatoms. The molecule has 3 rings (SSSR count). The zero-order chi connectivity index (χ0) is 18.2. The molecule has 0 heterocycles. The molecule has 0 spiro atoms. The maximum atomic E-state index is 12.3. The third kappa shape index (κ3) is 5.36. The fraction of sp³-hybridized carbons (Fsp3) is 0.136. The van der Waals surface area contributed by atoms with Gasteiger partial charge in [-0.05, 0) is 35.4 Å². The van der Waals surface area contributed by atoms with Gasteiger partial charge in [0.1, 0.15) is 5.75 Å². The van der Waals surface area contributed by atoms with Crippen molar-refractivity contribution in [3.63, 3.8) is 0 Å². The third-order valence-corrected chi connectivity index (χ3v) is 4.18. The van der Waals surface area contributed by atoms with Crippen LogP contribution < -0.4 is 10.1 Å². The number of carbonyl (C=O) groups is 1. The lowest BCUT2D eigenvalue weighted by molar-refractivity contribution is -0.115. The monoisotopic (exact) mass is 365 g/mol. The second-order valence-electron chi connectivity index (χ2n) is 5.93. The molecule has 3 nitrogen and oxygen atoms in total. The molecular weight excluding hydrogens is 346 g/mol. The minimum Gasteiger partial charge on any atom is -0.491 e. The van der Waals surface area contributed by atoms with Gasteiger partial charge in [0, 0.05) is 11.4 Å². The van der Waals surface area contributed by atoms with Gasteiger partial charge in [0.25, 0.3) is 0 Å². The first-order valence-corrected chi connectivity index (χ1v) is 8.88. The summed E-state index contributed by atoms with van der Waals surface area (Å²) in [5.41, 5.74) is 2.81. The van der Waals surface area contributed by atoms with Gasteiger partial charge in [-0.3, -0.25) is 4.79 Å². The Balaban J connectivity index is 1.57. The van der Waals surface area contributed by atoms with Crippen molar-refractivity contribution in [1.82, 2.24) is 0 Å². The standard InChI is InChI=1S/C22H20ClNO2/c23-19-12-10-18(11-13-19)16-22(25)24-20-8-4-5-9-21(20)26-15-14-17-6-2-1-3-7-17/h1-13H,14-16H2,(H,24,25). The highest BCUT2D eigenvalue weighted by atomic mass is 35.5. The molecule has 3 aromatic carbocycles. The van der Waals surface area contributed by atoms with Gasteiger partial charge in [-0.2, -0.15) is 0 Å². The maximum absolute atomic E-state index is 12.3. The van der Waals surface area contributed by atoms with Crippen molar-refractivity contribution >= 4 is 23.2 Å². The average Bonchev–Trinajstić information content (AvgIpc) is 2.66. The molecule has 0 aliphatic rings. The Labute approximate surface area is 158 Å². The highest BCUT2D eigenvalue weighted by Gasteiger charge is 2.08. The van der Waals surface area contributed by atoms with Gasteiger partial charge in [0.15, 0.2) is 0 Å². The van der Waals surface area contributed by atoms with Crippen LogP contribution in [0.15, 0.2) is 78.9 Å². The number of rotatable bonds is 7. The first-order valence-electron chi connectivity index (χ1n) is 8.51. The van der Waals surface area contributed by atoms with E-state index in [9.17, 15) is 4.79 Å². The summed E-state index contributed by atoms with van der Waals surface area (Å²) < 4.78 is 5.88. The average molecular weight is 366 g/mol. The lowest BCUT2D eigenvalue weighted by Crippen LogP contribution is -2.15. The number of halogens is 1. The van der Waals surface area contributed by atoms with E-state index in [1.807, 2.05) is 54.6 Å². The topological polar surface area (TPSA) is 38.3 Å². The number of ether oxygens (including phenoxy) is 1. The first kappa shape index (κ1) is 18.0. The van der Waals surface area contributed by atoms with E-state index < -0.39 is 0 Å². The Morgan fingerprint density at radius 3 is 2.31 bits per heavy atom. The van der Waals surface area contributed by atoms with Gasteiger partial charge in [-0.25, -0.2) is 0 Å². The van der Waals surface area contributed by atoms with Gasteiger partial charge in [-0.1, -0.05) is 66.2 Å². The van der Waals surface area contributed by atoms with Crippen molar-refractivity contribution in [3.8, 4) is 5.75 Å². The van der Waals surface area contributed by atoms with E-state index in [2.05, 4.69) is 17.4 Å². The van der Waals surface area contributed by atoms with E-state index in [1.54, 1.807) is 12.1 Å². The van der Waals surface area contributed by atoms with Crippen molar-refractivity contribution in [2.45, 2.75) is 12.8 Å². The normalized spacial score (nSPS) is 10.3. The second kappa shape index (κ2) is 9.07. The lowest BCUT2D eigenvalue weighted by Gasteiger charge is -2.12. The number of amides is 1. The van der Waals surface area contributed by atoms with E-state index >= 15 is 0 Å². The molecule has 1 amide bonds. The number of benzene rings is 3. The minimum atomic E-state index is -0.0913. The smallest absolute Gasteiger partial charge is 0.228 e. The van der Waals surface area contributed by atoms with Crippen LogP contribution in [-0.2, 0) is 17.6 Å². The fourth-order valence-electron chi connectivity index (χ4n) is 2.60. The van der Waals surface area contributed by atoms with Crippen LogP contribution in [0.1, 0.15) is 11.1 Å². The van der Waals surface area contributed by atoms with Crippen LogP contribution in [0.2, 0.25) is 5.02 Å². The van der Waals surface area contributed by atoms with E-state index in [-0.39, 0.29) is 12.3 Å². The molecule has 0 aliphatic carbocycles. The minimum absolute atomic E-state index is 0.0913. The maximum Gasteiger partial charge on any atom is 0.228 e. The van der Waals surface area contributed by atoms with Crippen LogP contribution in [0, 0.1) is 0 Å². The largest absolute Gasteiger partial charge is 0.491 e. The van der Waals surface area contributed by atoms with Crippen molar-refractivity contribution < 1.29 is 9.53 Å². The third-order valence-electron chi connectivity index (χ3n) is 3.93. The Morgan fingerprint density at radius 1 is 0.846 bits per heavy atom. The number of hydrogen-bond donors (Lipinski definition) is 1.